The highest BCUT2D eigenvalue weighted by molar-refractivity contribution is 6.31. The number of halogens is 2. The predicted octanol–water partition coefficient (Wildman–Crippen LogP) is 3.61. The van der Waals surface area contributed by atoms with Crippen molar-refractivity contribution in [2.24, 2.45) is 5.73 Å². The van der Waals surface area contributed by atoms with E-state index in [-0.39, 0.29) is 5.82 Å². The molecule has 0 fully saturated rings. The number of benzene rings is 2. The van der Waals surface area contributed by atoms with Crippen molar-refractivity contribution < 1.29 is 13.9 Å². The quantitative estimate of drug-likeness (QED) is 0.922. The highest BCUT2D eigenvalue weighted by Gasteiger charge is 2.20. The average Bonchev–Trinajstić information content (AvgIpc) is 2.48. The van der Waals surface area contributed by atoms with Crippen molar-refractivity contribution in [2.75, 3.05) is 13.2 Å². The number of hydrogen-bond acceptors (Lipinski definition) is 3. The Hall–Kier alpha value is -1.78. The van der Waals surface area contributed by atoms with Crippen LogP contribution in [-0.4, -0.2) is 13.2 Å². The first-order valence-electron chi connectivity index (χ1n) is 6.67. The van der Waals surface area contributed by atoms with Gasteiger partial charge in [-0.2, -0.15) is 0 Å². The van der Waals surface area contributed by atoms with Gasteiger partial charge in [0.15, 0.2) is 11.5 Å². The van der Waals surface area contributed by atoms with Crippen molar-refractivity contribution in [1.82, 2.24) is 0 Å². The minimum absolute atomic E-state index is 0.251. The van der Waals surface area contributed by atoms with Crippen molar-refractivity contribution in [3.8, 4) is 11.5 Å². The Morgan fingerprint density at radius 3 is 2.48 bits per heavy atom. The van der Waals surface area contributed by atoms with Gasteiger partial charge in [0.2, 0.25) is 0 Å². The molecule has 3 nitrogen and oxygen atoms in total. The van der Waals surface area contributed by atoms with Crippen LogP contribution in [0.15, 0.2) is 30.3 Å². The van der Waals surface area contributed by atoms with Crippen LogP contribution in [0.1, 0.15) is 22.7 Å². The van der Waals surface area contributed by atoms with E-state index in [4.69, 9.17) is 26.8 Å². The molecule has 1 aliphatic rings. The first-order chi connectivity index (χ1) is 10.1. The maximum Gasteiger partial charge on any atom is 0.162 e. The van der Waals surface area contributed by atoms with E-state index in [1.54, 1.807) is 31.2 Å². The topological polar surface area (TPSA) is 44.5 Å². The van der Waals surface area contributed by atoms with E-state index >= 15 is 0 Å². The molecule has 0 spiro atoms. The molecule has 0 aliphatic carbocycles. The van der Waals surface area contributed by atoms with Crippen LogP contribution in [0.2, 0.25) is 5.02 Å². The molecule has 3 rings (SSSR count). The van der Waals surface area contributed by atoms with Gasteiger partial charge in [-0.3, -0.25) is 0 Å². The Morgan fingerprint density at radius 2 is 1.81 bits per heavy atom. The summed E-state index contributed by atoms with van der Waals surface area (Å²) in [5, 5.41) is 0.508. The molecule has 21 heavy (non-hydrogen) atoms. The molecule has 0 saturated heterocycles. The van der Waals surface area contributed by atoms with Crippen LogP contribution in [0, 0.1) is 12.7 Å². The summed E-state index contributed by atoms with van der Waals surface area (Å²) in [5.41, 5.74) is 8.35. The third kappa shape index (κ3) is 2.69. The van der Waals surface area contributed by atoms with E-state index in [0.29, 0.717) is 35.3 Å². The van der Waals surface area contributed by atoms with Gasteiger partial charge in [-0.15, -0.1) is 0 Å². The molecule has 1 unspecified atom stereocenters. The van der Waals surface area contributed by atoms with Crippen molar-refractivity contribution in [3.05, 3.63) is 57.9 Å². The zero-order valence-electron chi connectivity index (χ0n) is 11.5. The molecule has 5 heteroatoms. The Balaban J connectivity index is 2.00. The third-order valence-electron chi connectivity index (χ3n) is 3.54. The van der Waals surface area contributed by atoms with E-state index < -0.39 is 6.04 Å². The fourth-order valence-electron chi connectivity index (χ4n) is 2.36. The molecule has 1 aliphatic heterocycles. The number of ether oxygens (including phenoxy) is 2. The monoisotopic (exact) mass is 307 g/mol. The molecule has 2 N–H and O–H groups in total. The maximum atomic E-state index is 13.4. The SMILES string of the molecule is Cc1cc(C(N)c2cc3c(cc2Cl)OCCO3)ccc1F. The number of hydrogen-bond donors (Lipinski definition) is 1. The van der Waals surface area contributed by atoms with Crippen molar-refractivity contribution in [3.63, 3.8) is 0 Å². The Labute approximate surface area is 127 Å². The first-order valence-corrected chi connectivity index (χ1v) is 7.04. The molecule has 0 amide bonds. The van der Waals surface area contributed by atoms with Gasteiger partial charge in [0.25, 0.3) is 0 Å². The molecule has 110 valence electrons. The summed E-state index contributed by atoms with van der Waals surface area (Å²) in [7, 11) is 0. The van der Waals surface area contributed by atoms with Gasteiger partial charge in [0.05, 0.1) is 6.04 Å². The second-order valence-corrected chi connectivity index (χ2v) is 5.41. The second-order valence-electron chi connectivity index (χ2n) is 5.00. The molecular formula is C16H15ClFNO2. The van der Waals surface area contributed by atoms with Gasteiger partial charge >= 0.3 is 0 Å². The smallest absolute Gasteiger partial charge is 0.162 e. The molecule has 0 radical (unpaired) electrons. The van der Waals surface area contributed by atoms with E-state index in [1.165, 1.54) is 6.07 Å². The lowest BCUT2D eigenvalue weighted by molar-refractivity contribution is 0.171. The normalized spacial score (nSPS) is 14.9. The first kappa shape index (κ1) is 14.2. The fraction of sp³-hybridized carbons (Fsp3) is 0.250. The van der Waals surface area contributed by atoms with E-state index in [0.717, 1.165) is 11.1 Å². The zero-order valence-corrected chi connectivity index (χ0v) is 12.3. The number of fused-ring (bicyclic) bond motifs is 1. The largest absolute Gasteiger partial charge is 0.486 e. The molecule has 0 aromatic heterocycles. The van der Waals surface area contributed by atoms with Crippen molar-refractivity contribution >= 4 is 11.6 Å². The molecule has 0 bridgehead atoms. The summed E-state index contributed by atoms with van der Waals surface area (Å²) >= 11 is 6.29. The highest BCUT2D eigenvalue weighted by atomic mass is 35.5. The van der Waals surface area contributed by atoms with Crippen LogP contribution in [-0.2, 0) is 0 Å². The summed E-state index contributed by atoms with van der Waals surface area (Å²) in [6, 6.07) is 7.86. The van der Waals surface area contributed by atoms with Crippen LogP contribution in [0.4, 0.5) is 4.39 Å². The summed E-state index contributed by atoms with van der Waals surface area (Å²) in [6.45, 7) is 2.71. The van der Waals surface area contributed by atoms with Gasteiger partial charge in [0, 0.05) is 11.1 Å². The van der Waals surface area contributed by atoms with Crippen LogP contribution >= 0.6 is 11.6 Å². The van der Waals surface area contributed by atoms with Crippen LogP contribution in [0.3, 0.4) is 0 Å². The molecule has 2 aromatic carbocycles. The fourth-order valence-corrected chi connectivity index (χ4v) is 2.63. The molecule has 2 aromatic rings. The van der Waals surface area contributed by atoms with E-state index in [2.05, 4.69) is 0 Å². The number of rotatable bonds is 2. The van der Waals surface area contributed by atoms with Gasteiger partial charge in [-0.1, -0.05) is 23.7 Å². The second kappa shape index (κ2) is 5.54. The molecular weight excluding hydrogens is 293 g/mol. The van der Waals surface area contributed by atoms with Crippen molar-refractivity contribution in [1.29, 1.82) is 0 Å². The maximum absolute atomic E-state index is 13.4. The van der Waals surface area contributed by atoms with Crippen LogP contribution in [0.25, 0.3) is 0 Å². The minimum atomic E-state index is -0.451. The third-order valence-corrected chi connectivity index (χ3v) is 3.87. The Kier molecular flexibility index (Phi) is 3.74. The molecule has 0 saturated carbocycles. The number of aryl methyl sites for hydroxylation is 1. The van der Waals surface area contributed by atoms with E-state index in [9.17, 15) is 4.39 Å². The highest BCUT2D eigenvalue weighted by Crippen LogP contribution is 2.38. The lowest BCUT2D eigenvalue weighted by Gasteiger charge is -2.22. The van der Waals surface area contributed by atoms with Crippen LogP contribution in [0.5, 0.6) is 11.5 Å². The molecule has 1 heterocycles. The van der Waals surface area contributed by atoms with Gasteiger partial charge in [-0.05, 0) is 35.7 Å². The number of nitrogens with two attached hydrogens (primary N) is 1. The minimum Gasteiger partial charge on any atom is -0.486 e. The summed E-state index contributed by atoms with van der Waals surface area (Å²) in [4.78, 5) is 0. The van der Waals surface area contributed by atoms with Crippen LogP contribution < -0.4 is 15.2 Å². The average molecular weight is 308 g/mol. The zero-order chi connectivity index (χ0) is 15.0. The van der Waals surface area contributed by atoms with Gasteiger partial charge in [0.1, 0.15) is 19.0 Å². The summed E-state index contributed by atoms with van der Waals surface area (Å²) < 4.78 is 24.4. The Bertz CT molecular complexity index is 690. The van der Waals surface area contributed by atoms with Gasteiger partial charge in [-0.25, -0.2) is 4.39 Å². The summed E-state index contributed by atoms with van der Waals surface area (Å²) in [5.74, 6) is 1.01. The predicted molar refractivity (Wildman–Crippen MR) is 79.6 cm³/mol. The van der Waals surface area contributed by atoms with Crippen molar-refractivity contribution in [2.45, 2.75) is 13.0 Å². The van der Waals surface area contributed by atoms with E-state index in [1.807, 2.05) is 0 Å². The summed E-state index contributed by atoms with van der Waals surface area (Å²) in [6.07, 6.45) is 0. The lowest BCUT2D eigenvalue weighted by Crippen LogP contribution is -2.17. The Morgan fingerprint density at radius 1 is 1.14 bits per heavy atom. The lowest BCUT2D eigenvalue weighted by atomic mass is 9.97. The standard InChI is InChI=1S/C16H15ClFNO2/c1-9-6-10(2-3-13(9)18)16(19)11-7-14-15(8-12(11)17)21-5-4-20-14/h2-3,6-8,16H,4-5,19H2,1H3. The molecule has 1 atom stereocenters. The van der Waals surface area contributed by atoms with Gasteiger partial charge < -0.3 is 15.2 Å².